The predicted octanol–water partition coefficient (Wildman–Crippen LogP) is 4.39. The Morgan fingerprint density at radius 3 is 2.73 bits per heavy atom. The van der Waals surface area contributed by atoms with Crippen molar-refractivity contribution >= 4 is 23.2 Å². The molecule has 114 valence electrons. The Kier molecular flexibility index (Phi) is 4.16. The van der Waals surface area contributed by atoms with Gasteiger partial charge in [0.05, 0.1) is 6.42 Å². The Morgan fingerprint density at radius 1 is 1.27 bits per heavy atom. The number of nitrogens with zero attached hydrogens (tertiary/aromatic N) is 1. The molecule has 1 aliphatic heterocycles. The van der Waals surface area contributed by atoms with Crippen LogP contribution in [0.5, 0.6) is 0 Å². The molecule has 4 heteroatoms. The lowest BCUT2D eigenvalue weighted by molar-refractivity contribution is -0.118. The minimum absolute atomic E-state index is 0.0300. The maximum Gasteiger partial charge on any atom is 0.231 e. The van der Waals surface area contributed by atoms with Gasteiger partial charge in [-0.2, -0.15) is 0 Å². The number of carbonyl (C=O) groups is 1. The molecule has 0 fully saturated rings. The van der Waals surface area contributed by atoms with E-state index in [4.69, 9.17) is 11.6 Å². The van der Waals surface area contributed by atoms with E-state index < -0.39 is 0 Å². The lowest BCUT2D eigenvalue weighted by Gasteiger charge is -2.35. The summed E-state index contributed by atoms with van der Waals surface area (Å²) in [5.41, 5.74) is 2.66. The highest BCUT2D eigenvalue weighted by atomic mass is 35.5. The fraction of sp³-hybridized carbons (Fsp3) is 0.278. The number of hydrogen-bond acceptors (Lipinski definition) is 1. The van der Waals surface area contributed by atoms with Gasteiger partial charge in [-0.25, -0.2) is 4.39 Å². The van der Waals surface area contributed by atoms with Gasteiger partial charge in [-0.1, -0.05) is 23.7 Å². The van der Waals surface area contributed by atoms with Crippen LogP contribution in [0.4, 0.5) is 10.1 Å². The monoisotopic (exact) mass is 317 g/mol. The first kappa shape index (κ1) is 15.0. The smallest absolute Gasteiger partial charge is 0.231 e. The summed E-state index contributed by atoms with van der Waals surface area (Å²) in [6, 6.07) is 12.1. The van der Waals surface area contributed by atoms with Crippen LogP contribution in [0.3, 0.4) is 0 Å². The van der Waals surface area contributed by atoms with Crippen LogP contribution in [-0.4, -0.2) is 11.9 Å². The second-order valence-corrected chi connectivity index (χ2v) is 6.16. The Labute approximate surface area is 134 Å². The van der Waals surface area contributed by atoms with Crippen molar-refractivity contribution in [3.63, 3.8) is 0 Å². The number of hydrogen-bond donors (Lipinski definition) is 0. The Bertz CT molecular complexity index is 699. The van der Waals surface area contributed by atoms with E-state index in [1.54, 1.807) is 23.1 Å². The first-order valence-electron chi connectivity index (χ1n) is 7.39. The molecule has 0 radical (unpaired) electrons. The molecule has 0 aliphatic carbocycles. The SMILES string of the molecule is CC1CCc2cc(F)ccc2N1C(=O)Cc1ccc(Cl)cc1. The fourth-order valence-corrected chi connectivity index (χ4v) is 3.09. The van der Waals surface area contributed by atoms with E-state index in [0.717, 1.165) is 29.7 Å². The fourth-order valence-electron chi connectivity index (χ4n) is 2.96. The molecule has 1 unspecified atom stereocenters. The van der Waals surface area contributed by atoms with E-state index in [1.165, 1.54) is 12.1 Å². The summed E-state index contributed by atoms with van der Waals surface area (Å²) in [7, 11) is 0. The summed E-state index contributed by atoms with van der Waals surface area (Å²) in [4.78, 5) is 14.5. The highest BCUT2D eigenvalue weighted by Crippen LogP contribution is 2.31. The average molecular weight is 318 g/mol. The molecule has 0 bridgehead atoms. The standard InChI is InChI=1S/C18H17ClFNO/c1-12-2-5-14-11-16(20)8-9-17(14)21(12)18(22)10-13-3-6-15(19)7-4-13/h3-4,6-9,11-12H,2,5,10H2,1H3. The number of aryl methyl sites for hydroxylation is 1. The van der Waals surface area contributed by atoms with Gasteiger partial charge in [0.1, 0.15) is 5.82 Å². The highest BCUT2D eigenvalue weighted by Gasteiger charge is 2.28. The molecule has 0 spiro atoms. The maximum atomic E-state index is 13.4. The highest BCUT2D eigenvalue weighted by molar-refractivity contribution is 6.30. The minimum atomic E-state index is -0.251. The largest absolute Gasteiger partial charge is 0.309 e. The second kappa shape index (κ2) is 6.09. The van der Waals surface area contributed by atoms with Crippen molar-refractivity contribution in [3.8, 4) is 0 Å². The van der Waals surface area contributed by atoms with Gasteiger partial charge >= 0.3 is 0 Å². The van der Waals surface area contributed by atoms with Crippen LogP contribution in [0, 0.1) is 5.82 Å². The zero-order valence-electron chi connectivity index (χ0n) is 12.4. The van der Waals surface area contributed by atoms with Crippen LogP contribution < -0.4 is 4.90 Å². The van der Waals surface area contributed by atoms with E-state index in [-0.39, 0.29) is 17.8 Å². The molecular formula is C18H17ClFNO. The molecule has 3 rings (SSSR count). The summed E-state index contributed by atoms with van der Waals surface area (Å²) in [5, 5.41) is 0.656. The summed E-state index contributed by atoms with van der Waals surface area (Å²) in [5.74, 6) is -0.221. The third kappa shape index (κ3) is 3.00. The molecular weight excluding hydrogens is 301 g/mol. The van der Waals surface area contributed by atoms with E-state index in [9.17, 15) is 9.18 Å². The number of fused-ring (bicyclic) bond motifs is 1. The average Bonchev–Trinajstić information content (AvgIpc) is 2.49. The third-order valence-electron chi connectivity index (χ3n) is 4.11. The molecule has 0 N–H and O–H groups in total. The third-order valence-corrected chi connectivity index (χ3v) is 4.36. The van der Waals surface area contributed by atoms with Crippen molar-refractivity contribution in [1.29, 1.82) is 0 Å². The van der Waals surface area contributed by atoms with Crippen LogP contribution in [0.15, 0.2) is 42.5 Å². The molecule has 2 nitrogen and oxygen atoms in total. The molecule has 1 atom stereocenters. The van der Waals surface area contributed by atoms with Crippen LogP contribution in [-0.2, 0) is 17.6 Å². The molecule has 1 amide bonds. The zero-order valence-corrected chi connectivity index (χ0v) is 13.1. The van der Waals surface area contributed by atoms with Crippen molar-refractivity contribution in [2.45, 2.75) is 32.2 Å². The van der Waals surface area contributed by atoms with Gasteiger partial charge in [-0.05, 0) is 61.2 Å². The zero-order chi connectivity index (χ0) is 15.7. The molecule has 22 heavy (non-hydrogen) atoms. The van der Waals surface area contributed by atoms with Gasteiger partial charge in [0.15, 0.2) is 0 Å². The van der Waals surface area contributed by atoms with Crippen LogP contribution in [0.25, 0.3) is 0 Å². The van der Waals surface area contributed by atoms with Crippen molar-refractivity contribution in [1.82, 2.24) is 0 Å². The van der Waals surface area contributed by atoms with E-state index >= 15 is 0 Å². The molecule has 1 heterocycles. The second-order valence-electron chi connectivity index (χ2n) is 5.73. The number of halogens is 2. The summed E-state index contributed by atoms with van der Waals surface area (Å²) in [6.07, 6.45) is 1.97. The normalized spacial score (nSPS) is 17.2. The van der Waals surface area contributed by atoms with Gasteiger partial charge in [0.25, 0.3) is 0 Å². The van der Waals surface area contributed by atoms with Crippen molar-refractivity contribution in [2.24, 2.45) is 0 Å². The van der Waals surface area contributed by atoms with Gasteiger partial charge in [-0.15, -0.1) is 0 Å². The lowest BCUT2D eigenvalue weighted by atomic mass is 9.95. The topological polar surface area (TPSA) is 20.3 Å². The predicted molar refractivity (Wildman–Crippen MR) is 86.8 cm³/mol. The van der Waals surface area contributed by atoms with Gasteiger partial charge in [-0.3, -0.25) is 4.79 Å². The number of benzene rings is 2. The summed E-state index contributed by atoms with van der Waals surface area (Å²) >= 11 is 5.87. The first-order valence-corrected chi connectivity index (χ1v) is 7.77. The minimum Gasteiger partial charge on any atom is -0.309 e. The Morgan fingerprint density at radius 2 is 2.00 bits per heavy atom. The van der Waals surface area contributed by atoms with E-state index in [0.29, 0.717) is 11.4 Å². The first-order chi connectivity index (χ1) is 10.5. The van der Waals surface area contributed by atoms with Crippen molar-refractivity contribution in [3.05, 3.63) is 64.4 Å². The Hall–Kier alpha value is -1.87. The molecule has 0 aromatic heterocycles. The molecule has 0 saturated heterocycles. The van der Waals surface area contributed by atoms with Crippen LogP contribution in [0.1, 0.15) is 24.5 Å². The molecule has 1 aliphatic rings. The van der Waals surface area contributed by atoms with Crippen molar-refractivity contribution in [2.75, 3.05) is 4.90 Å². The van der Waals surface area contributed by atoms with Gasteiger partial charge < -0.3 is 4.90 Å². The van der Waals surface area contributed by atoms with E-state index in [1.807, 2.05) is 19.1 Å². The molecule has 2 aromatic rings. The number of amides is 1. The molecule has 0 saturated carbocycles. The number of carbonyl (C=O) groups excluding carboxylic acids is 1. The summed E-state index contributed by atoms with van der Waals surface area (Å²) in [6.45, 7) is 2.03. The Balaban J connectivity index is 1.87. The van der Waals surface area contributed by atoms with Crippen LogP contribution in [0.2, 0.25) is 5.02 Å². The molecule has 2 aromatic carbocycles. The van der Waals surface area contributed by atoms with Gasteiger partial charge in [0.2, 0.25) is 5.91 Å². The van der Waals surface area contributed by atoms with Gasteiger partial charge in [0, 0.05) is 16.8 Å². The van der Waals surface area contributed by atoms with Crippen LogP contribution >= 0.6 is 11.6 Å². The van der Waals surface area contributed by atoms with E-state index in [2.05, 4.69) is 0 Å². The number of anilines is 1. The lowest BCUT2D eigenvalue weighted by Crippen LogP contribution is -2.43. The summed E-state index contributed by atoms with van der Waals surface area (Å²) < 4.78 is 13.4. The quantitative estimate of drug-likeness (QED) is 0.804. The maximum absolute atomic E-state index is 13.4. The number of rotatable bonds is 2. The van der Waals surface area contributed by atoms with Crippen molar-refractivity contribution < 1.29 is 9.18 Å².